The maximum Gasteiger partial charge on any atom is 0.0908 e. The van der Waals surface area contributed by atoms with Crippen LogP contribution in [0.4, 0.5) is 0 Å². The molecule has 0 radical (unpaired) electrons. The molecule has 4 heteroatoms. The van der Waals surface area contributed by atoms with E-state index in [9.17, 15) is 5.11 Å². The Morgan fingerprint density at radius 2 is 1.89 bits per heavy atom. The van der Waals surface area contributed by atoms with Gasteiger partial charge in [0.2, 0.25) is 0 Å². The van der Waals surface area contributed by atoms with E-state index in [4.69, 9.17) is 14.6 Å². The second-order valence-electron chi connectivity index (χ2n) is 5.15. The largest absolute Gasteiger partial charge is 0.394 e. The number of hydrogen-bond acceptors (Lipinski definition) is 4. The van der Waals surface area contributed by atoms with Crippen molar-refractivity contribution in [1.29, 1.82) is 0 Å². The molecule has 1 atom stereocenters. The third-order valence-electron chi connectivity index (χ3n) is 3.67. The lowest BCUT2D eigenvalue weighted by atomic mass is 9.91. The summed E-state index contributed by atoms with van der Waals surface area (Å²) in [5, 5.41) is 19.2. The molecule has 0 spiro atoms. The van der Waals surface area contributed by atoms with Gasteiger partial charge in [0, 0.05) is 0 Å². The highest BCUT2D eigenvalue weighted by Gasteiger charge is 2.39. The van der Waals surface area contributed by atoms with Gasteiger partial charge in [-0.2, -0.15) is 0 Å². The van der Waals surface area contributed by atoms with Crippen LogP contribution in [0.5, 0.6) is 0 Å². The Labute approximate surface area is 110 Å². The number of unbranched alkanes of at least 4 members (excludes halogenated alkanes) is 1. The predicted molar refractivity (Wildman–Crippen MR) is 70.6 cm³/mol. The molecule has 1 saturated carbocycles. The number of ether oxygens (including phenoxy) is 2. The van der Waals surface area contributed by atoms with Crippen LogP contribution in [0.2, 0.25) is 0 Å². The first kappa shape index (κ1) is 15.9. The molecule has 0 bridgehead atoms. The number of aliphatic hydroxyl groups is 2. The summed E-state index contributed by atoms with van der Waals surface area (Å²) in [4.78, 5) is 0. The summed E-state index contributed by atoms with van der Waals surface area (Å²) >= 11 is 0. The lowest BCUT2D eigenvalue weighted by Gasteiger charge is -2.32. The zero-order valence-corrected chi connectivity index (χ0v) is 11.6. The first-order valence-corrected chi connectivity index (χ1v) is 7.25. The minimum Gasteiger partial charge on any atom is -0.394 e. The van der Waals surface area contributed by atoms with Crippen LogP contribution in [0.25, 0.3) is 0 Å². The molecule has 0 aromatic heterocycles. The van der Waals surface area contributed by atoms with Gasteiger partial charge in [0.15, 0.2) is 0 Å². The molecule has 0 aromatic carbocycles. The van der Waals surface area contributed by atoms with Crippen LogP contribution >= 0.6 is 0 Å². The Hall–Kier alpha value is -0.160. The van der Waals surface area contributed by atoms with Crippen molar-refractivity contribution in [3.8, 4) is 0 Å². The van der Waals surface area contributed by atoms with Gasteiger partial charge in [0.25, 0.3) is 0 Å². The quantitative estimate of drug-likeness (QED) is 0.589. The van der Waals surface area contributed by atoms with Crippen molar-refractivity contribution >= 4 is 0 Å². The summed E-state index contributed by atoms with van der Waals surface area (Å²) in [6.45, 7) is 3.53. The second-order valence-corrected chi connectivity index (χ2v) is 5.15. The molecular weight excluding hydrogens is 232 g/mol. The van der Waals surface area contributed by atoms with Gasteiger partial charge in [0.1, 0.15) is 0 Å². The van der Waals surface area contributed by atoms with E-state index < -0.39 is 5.60 Å². The fourth-order valence-corrected chi connectivity index (χ4v) is 2.62. The zero-order chi connectivity index (χ0) is 13.3. The smallest absolute Gasteiger partial charge is 0.0908 e. The molecule has 1 unspecified atom stereocenters. The van der Waals surface area contributed by atoms with Crippen molar-refractivity contribution in [2.75, 3.05) is 26.4 Å². The highest BCUT2D eigenvalue weighted by molar-refractivity contribution is 4.91. The van der Waals surface area contributed by atoms with Crippen molar-refractivity contribution in [3.05, 3.63) is 0 Å². The molecule has 1 aliphatic carbocycles. The predicted octanol–water partition coefficient (Wildman–Crippen LogP) is 1.88. The SMILES string of the molecule is CCCCC(OCCOCCO)C1(O)CCCC1. The average molecular weight is 260 g/mol. The van der Waals surface area contributed by atoms with Gasteiger partial charge in [-0.15, -0.1) is 0 Å². The first-order valence-electron chi connectivity index (χ1n) is 7.25. The molecule has 1 fully saturated rings. The summed E-state index contributed by atoms with van der Waals surface area (Å²) in [7, 11) is 0. The molecule has 18 heavy (non-hydrogen) atoms. The van der Waals surface area contributed by atoms with Gasteiger partial charge >= 0.3 is 0 Å². The number of rotatable bonds is 10. The van der Waals surface area contributed by atoms with Crippen molar-refractivity contribution < 1.29 is 19.7 Å². The van der Waals surface area contributed by atoms with Crippen LogP contribution in [0.1, 0.15) is 51.9 Å². The van der Waals surface area contributed by atoms with Gasteiger partial charge in [-0.25, -0.2) is 0 Å². The Morgan fingerprint density at radius 3 is 2.50 bits per heavy atom. The molecule has 0 aromatic rings. The van der Waals surface area contributed by atoms with Crippen LogP contribution in [0, 0.1) is 0 Å². The van der Waals surface area contributed by atoms with Crippen LogP contribution in [-0.4, -0.2) is 48.3 Å². The maximum absolute atomic E-state index is 10.6. The average Bonchev–Trinajstić information content (AvgIpc) is 2.80. The fourth-order valence-electron chi connectivity index (χ4n) is 2.62. The van der Waals surface area contributed by atoms with Gasteiger partial charge in [-0.3, -0.25) is 0 Å². The molecule has 0 amide bonds. The second kappa shape index (κ2) is 8.86. The summed E-state index contributed by atoms with van der Waals surface area (Å²) in [5.41, 5.74) is -0.619. The number of aliphatic hydroxyl groups excluding tert-OH is 1. The van der Waals surface area contributed by atoms with Crippen LogP contribution < -0.4 is 0 Å². The fraction of sp³-hybridized carbons (Fsp3) is 1.00. The third kappa shape index (κ3) is 5.22. The van der Waals surface area contributed by atoms with Gasteiger partial charge < -0.3 is 19.7 Å². The Bertz CT molecular complexity index is 202. The molecule has 0 saturated heterocycles. The maximum atomic E-state index is 10.6. The van der Waals surface area contributed by atoms with E-state index in [-0.39, 0.29) is 12.7 Å². The normalized spacial score (nSPS) is 20.2. The van der Waals surface area contributed by atoms with Gasteiger partial charge in [-0.05, 0) is 19.3 Å². The van der Waals surface area contributed by atoms with Crippen molar-refractivity contribution in [1.82, 2.24) is 0 Å². The van der Waals surface area contributed by atoms with Crippen LogP contribution in [-0.2, 0) is 9.47 Å². The van der Waals surface area contributed by atoms with E-state index in [0.717, 1.165) is 44.9 Å². The van der Waals surface area contributed by atoms with Crippen LogP contribution in [0.3, 0.4) is 0 Å². The third-order valence-corrected chi connectivity index (χ3v) is 3.67. The summed E-state index contributed by atoms with van der Waals surface area (Å²) < 4.78 is 11.0. The highest BCUT2D eigenvalue weighted by atomic mass is 16.5. The van der Waals surface area contributed by atoms with E-state index in [1.807, 2.05) is 0 Å². The molecule has 108 valence electrons. The highest BCUT2D eigenvalue weighted by Crippen LogP contribution is 2.35. The van der Waals surface area contributed by atoms with E-state index in [2.05, 4.69) is 6.92 Å². The lowest BCUT2D eigenvalue weighted by molar-refractivity contribution is -0.118. The van der Waals surface area contributed by atoms with Crippen molar-refractivity contribution in [2.45, 2.75) is 63.6 Å². The number of hydrogen-bond donors (Lipinski definition) is 2. The van der Waals surface area contributed by atoms with Crippen molar-refractivity contribution in [3.63, 3.8) is 0 Å². The first-order chi connectivity index (χ1) is 8.73. The Kier molecular flexibility index (Phi) is 7.82. The molecule has 0 heterocycles. The Morgan fingerprint density at radius 1 is 1.17 bits per heavy atom. The van der Waals surface area contributed by atoms with Crippen LogP contribution in [0.15, 0.2) is 0 Å². The Balaban J connectivity index is 2.30. The topological polar surface area (TPSA) is 58.9 Å². The van der Waals surface area contributed by atoms with E-state index in [0.29, 0.717) is 19.8 Å². The standard InChI is InChI=1S/C14H28O4/c1-2-3-6-13(14(16)7-4-5-8-14)18-12-11-17-10-9-15/h13,15-16H,2-12H2,1H3. The zero-order valence-electron chi connectivity index (χ0n) is 11.6. The van der Waals surface area contributed by atoms with Gasteiger partial charge in [-0.1, -0.05) is 32.6 Å². The summed E-state index contributed by atoms with van der Waals surface area (Å²) in [6.07, 6.45) is 7.00. The summed E-state index contributed by atoms with van der Waals surface area (Å²) in [5.74, 6) is 0. The minimum absolute atomic E-state index is 0.0448. The van der Waals surface area contributed by atoms with E-state index in [1.54, 1.807) is 0 Å². The lowest BCUT2D eigenvalue weighted by Crippen LogP contribution is -2.42. The van der Waals surface area contributed by atoms with E-state index >= 15 is 0 Å². The molecule has 4 nitrogen and oxygen atoms in total. The summed E-state index contributed by atoms with van der Waals surface area (Å²) in [6, 6.07) is 0. The van der Waals surface area contributed by atoms with E-state index in [1.165, 1.54) is 0 Å². The molecule has 2 N–H and O–H groups in total. The minimum atomic E-state index is -0.619. The molecule has 0 aliphatic heterocycles. The van der Waals surface area contributed by atoms with Gasteiger partial charge in [0.05, 0.1) is 38.1 Å². The molecular formula is C14H28O4. The van der Waals surface area contributed by atoms with Crippen molar-refractivity contribution in [2.24, 2.45) is 0 Å². The monoisotopic (exact) mass is 260 g/mol. The molecule has 1 aliphatic rings. The molecule has 1 rings (SSSR count).